The molecule has 0 aliphatic carbocycles. The van der Waals surface area contributed by atoms with Gasteiger partial charge in [-0.25, -0.2) is 9.18 Å². The molecule has 0 spiro atoms. The highest BCUT2D eigenvalue weighted by molar-refractivity contribution is 6.30. The zero-order valence-electron chi connectivity index (χ0n) is 12.6. The summed E-state index contributed by atoms with van der Waals surface area (Å²) in [6.45, 7) is 0.143. The van der Waals surface area contributed by atoms with Crippen LogP contribution in [0.25, 0.3) is 0 Å². The maximum absolute atomic E-state index is 13.6. The molecular weight excluding hydrogens is 333 g/mol. The fourth-order valence-corrected chi connectivity index (χ4v) is 3.14. The molecule has 1 aliphatic rings. The van der Waals surface area contributed by atoms with E-state index in [9.17, 15) is 14.0 Å². The van der Waals surface area contributed by atoms with Gasteiger partial charge in [0.15, 0.2) is 0 Å². The van der Waals surface area contributed by atoms with Gasteiger partial charge in [0.2, 0.25) is 5.91 Å². The average Bonchev–Trinajstić information content (AvgIpc) is 2.50. The Kier molecular flexibility index (Phi) is 4.40. The standard InChI is InChI=1S/C17H15ClFN3O2/c18-12-5-10(6-13(19)8-12)9-22-15-4-2-1-3-11(15)7-14(16(22)23)21-17(20)24/h1-6,8,14H,7,9H2,(H3,20,21,24). The first kappa shape index (κ1) is 16.3. The van der Waals surface area contributed by atoms with Crippen LogP contribution in [0.5, 0.6) is 0 Å². The molecule has 1 heterocycles. The van der Waals surface area contributed by atoms with E-state index in [0.29, 0.717) is 12.0 Å². The van der Waals surface area contributed by atoms with Crippen molar-refractivity contribution in [3.8, 4) is 0 Å². The molecule has 3 amide bonds. The van der Waals surface area contributed by atoms with Crippen LogP contribution in [0.2, 0.25) is 5.02 Å². The lowest BCUT2D eigenvalue weighted by Crippen LogP contribution is -2.53. The zero-order chi connectivity index (χ0) is 17.3. The molecule has 1 unspecified atom stereocenters. The second kappa shape index (κ2) is 6.49. The van der Waals surface area contributed by atoms with Crippen molar-refractivity contribution in [2.45, 2.75) is 19.0 Å². The average molecular weight is 348 g/mol. The van der Waals surface area contributed by atoms with E-state index in [2.05, 4.69) is 5.32 Å². The molecule has 3 N–H and O–H groups in total. The highest BCUT2D eigenvalue weighted by Crippen LogP contribution is 2.29. The summed E-state index contributed by atoms with van der Waals surface area (Å²) in [5, 5.41) is 2.72. The molecule has 3 rings (SSSR count). The second-order valence-electron chi connectivity index (χ2n) is 5.60. The van der Waals surface area contributed by atoms with Gasteiger partial charge in [0.05, 0.1) is 6.54 Å². The Bertz CT molecular complexity index is 792. The molecule has 124 valence electrons. The van der Waals surface area contributed by atoms with E-state index in [0.717, 1.165) is 11.3 Å². The lowest BCUT2D eigenvalue weighted by Gasteiger charge is -2.34. The van der Waals surface area contributed by atoms with Gasteiger partial charge in [-0.15, -0.1) is 0 Å². The predicted molar refractivity (Wildman–Crippen MR) is 89.3 cm³/mol. The number of carbonyl (C=O) groups excluding carboxylic acids is 2. The molecule has 1 atom stereocenters. The van der Waals surface area contributed by atoms with Gasteiger partial charge in [-0.05, 0) is 35.4 Å². The van der Waals surface area contributed by atoms with Crippen LogP contribution >= 0.6 is 11.6 Å². The van der Waals surface area contributed by atoms with Crippen molar-refractivity contribution < 1.29 is 14.0 Å². The molecule has 0 fully saturated rings. The Hall–Kier alpha value is -2.60. The summed E-state index contributed by atoms with van der Waals surface area (Å²) >= 11 is 5.88. The van der Waals surface area contributed by atoms with E-state index >= 15 is 0 Å². The number of halogens is 2. The minimum absolute atomic E-state index is 0.143. The second-order valence-corrected chi connectivity index (χ2v) is 6.03. The molecule has 7 heteroatoms. The van der Waals surface area contributed by atoms with E-state index in [-0.39, 0.29) is 17.5 Å². The highest BCUT2D eigenvalue weighted by Gasteiger charge is 2.33. The third-order valence-electron chi connectivity index (χ3n) is 3.85. The van der Waals surface area contributed by atoms with E-state index in [1.165, 1.54) is 17.0 Å². The van der Waals surface area contributed by atoms with Gasteiger partial charge in [0, 0.05) is 17.1 Å². The number of hydrogen-bond acceptors (Lipinski definition) is 2. The molecule has 24 heavy (non-hydrogen) atoms. The number of nitrogens with two attached hydrogens (primary N) is 1. The molecular formula is C17H15ClFN3O2. The maximum atomic E-state index is 13.6. The van der Waals surface area contributed by atoms with Crippen LogP contribution in [0.1, 0.15) is 11.1 Å². The maximum Gasteiger partial charge on any atom is 0.312 e. The third-order valence-corrected chi connectivity index (χ3v) is 4.07. The Morgan fingerprint density at radius 3 is 2.79 bits per heavy atom. The van der Waals surface area contributed by atoms with Gasteiger partial charge in [-0.1, -0.05) is 29.8 Å². The van der Waals surface area contributed by atoms with Crippen molar-refractivity contribution in [2.24, 2.45) is 5.73 Å². The molecule has 0 radical (unpaired) electrons. The SMILES string of the molecule is NC(=O)NC1Cc2ccccc2N(Cc2cc(F)cc(Cl)c2)C1=O. The number of anilines is 1. The van der Waals surface area contributed by atoms with Gasteiger partial charge in [0.1, 0.15) is 11.9 Å². The van der Waals surface area contributed by atoms with E-state index in [1.807, 2.05) is 24.3 Å². The Labute approximate surface area is 143 Å². The molecule has 1 aliphatic heterocycles. The number of benzene rings is 2. The summed E-state index contributed by atoms with van der Waals surface area (Å²) in [5.74, 6) is -0.769. The van der Waals surface area contributed by atoms with Crippen molar-refractivity contribution in [3.05, 3.63) is 64.4 Å². The van der Waals surface area contributed by atoms with Crippen LogP contribution in [0.3, 0.4) is 0 Å². The topological polar surface area (TPSA) is 75.4 Å². The summed E-state index contributed by atoms with van der Waals surface area (Å²) in [4.78, 5) is 25.4. The quantitative estimate of drug-likeness (QED) is 0.895. The molecule has 0 saturated carbocycles. The molecule has 0 aromatic heterocycles. The summed E-state index contributed by atoms with van der Waals surface area (Å²) < 4.78 is 13.6. The number of carbonyl (C=O) groups is 2. The highest BCUT2D eigenvalue weighted by atomic mass is 35.5. The van der Waals surface area contributed by atoms with Crippen LogP contribution in [-0.2, 0) is 17.8 Å². The van der Waals surface area contributed by atoms with Crippen molar-refractivity contribution in [1.29, 1.82) is 0 Å². The van der Waals surface area contributed by atoms with E-state index < -0.39 is 17.9 Å². The van der Waals surface area contributed by atoms with Gasteiger partial charge in [0.25, 0.3) is 0 Å². The van der Waals surface area contributed by atoms with Crippen molar-refractivity contribution in [2.75, 3.05) is 4.90 Å². The van der Waals surface area contributed by atoms with Gasteiger partial charge in [-0.2, -0.15) is 0 Å². The number of primary amides is 1. The van der Waals surface area contributed by atoms with Crippen LogP contribution in [-0.4, -0.2) is 18.0 Å². The Balaban J connectivity index is 1.97. The number of nitrogens with one attached hydrogen (secondary N) is 1. The summed E-state index contributed by atoms with van der Waals surface area (Å²) in [6.07, 6.45) is 0.359. The van der Waals surface area contributed by atoms with Gasteiger partial charge < -0.3 is 16.0 Å². The third kappa shape index (κ3) is 3.33. The summed E-state index contributed by atoms with van der Waals surface area (Å²) in [7, 11) is 0. The molecule has 5 nitrogen and oxygen atoms in total. The molecule has 0 bridgehead atoms. The monoisotopic (exact) mass is 347 g/mol. The van der Waals surface area contributed by atoms with Crippen LogP contribution in [0.15, 0.2) is 42.5 Å². The predicted octanol–water partition coefficient (Wildman–Crippen LogP) is 2.61. The number of nitrogens with zero attached hydrogens (tertiary/aromatic N) is 1. The largest absolute Gasteiger partial charge is 0.352 e. The first-order chi connectivity index (χ1) is 11.4. The summed E-state index contributed by atoms with van der Waals surface area (Å²) in [6, 6.07) is 9.99. The van der Waals surface area contributed by atoms with E-state index in [4.69, 9.17) is 17.3 Å². The summed E-state index contributed by atoms with van der Waals surface area (Å²) in [5.41, 5.74) is 7.34. The first-order valence-electron chi connectivity index (χ1n) is 7.34. The van der Waals surface area contributed by atoms with Gasteiger partial charge in [-0.3, -0.25) is 4.79 Å². The van der Waals surface area contributed by atoms with Crippen molar-refractivity contribution in [1.82, 2.24) is 5.32 Å². The lowest BCUT2D eigenvalue weighted by molar-refractivity contribution is -0.120. The number of fused-ring (bicyclic) bond motifs is 1. The normalized spacial score (nSPS) is 16.7. The molecule has 0 saturated heterocycles. The number of amides is 3. The van der Waals surface area contributed by atoms with Crippen molar-refractivity contribution in [3.63, 3.8) is 0 Å². The fraction of sp³-hybridized carbons (Fsp3) is 0.176. The number of rotatable bonds is 3. The lowest BCUT2D eigenvalue weighted by atomic mass is 9.96. The van der Waals surface area contributed by atoms with Crippen LogP contribution in [0.4, 0.5) is 14.9 Å². The Morgan fingerprint density at radius 1 is 1.33 bits per heavy atom. The van der Waals surface area contributed by atoms with E-state index in [1.54, 1.807) is 6.07 Å². The Morgan fingerprint density at radius 2 is 2.08 bits per heavy atom. The smallest absolute Gasteiger partial charge is 0.312 e. The number of hydrogen-bond donors (Lipinski definition) is 2. The minimum Gasteiger partial charge on any atom is -0.352 e. The first-order valence-corrected chi connectivity index (χ1v) is 7.72. The fourth-order valence-electron chi connectivity index (χ4n) is 2.89. The molecule has 2 aromatic rings. The van der Waals surface area contributed by atoms with Gasteiger partial charge >= 0.3 is 6.03 Å². The molecule has 2 aromatic carbocycles. The van der Waals surface area contributed by atoms with Crippen LogP contribution < -0.4 is 16.0 Å². The minimum atomic E-state index is -0.763. The van der Waals surface area contributed by atoms with Crippen molar-refractivity contribution >= 4 is 29.2 Å². The van der Waals surface area contributed by atoms with Crippen LogP contribution in [0, 0.1) is 5.82 Å². The number of urea groups is 1. The zero-order valence-corrected chi connectivity index (χ0v) is 13.4. The number of para-hydroxylation sites is 1.